The number of benzene rings is 1. The number of halogens is 2. The van der Waals surface area contributed by atoms with Crippen molar-refractivity contribution in [3.63, 3.8) is 0 Å². The molecule has 1 aromatic carbocycles. The first-order valence-electron chi connectivity index (χ1n) is 2.34. The minimum Gasteiger partial charge on any atom is -1.00 e. The fourth-order valence-electron chi connectivity index (χ4n) is 0.481. The maximum atomic E-state index is 8.94. The van der Waals surface area contributed by atoms with E-state index >= 15 is 0 Å². The van der Waals surface area contributed by atoms with Crippen LogP contribution in [-0.2, 0) is 0 Å². The molecule has 0 aromatic heterocycles. The van der Waals surface area contributed by atoms with Crippen LogP contribution < -0.4 is 29.6 Å². The maximum absolute atomic E-state index is 8.94. The van der Waals surface area contributed by atoms with E-state index in [0.29, 0.717) is 9.50 Å². The number of aromatic hydroxyl groups is 1. The van der Waals surface area contributed by atoms with Gasteiger partial charge in [-0.3, -0.25) is 0 Å². The molecular weight excluding hydrogens is 226 g/mol. The third-order valence-electron chi connectivity index (χ3n) is 0.910. The number of rotatable bonds is 0. The molecule has 0 heterocycles. The molecule has 0 saturated carbocycles. The van der Waals surface area contributed by atoms with Gasteiger partial charge in [0.15, 0.2) is 0 Å². The zero-order chi connectivity index (χ0) is 6.85. The van der Waals surface area contributed by atoms with Crippen molar-refractivity contribution >= 4 is 27.5 Å². The van der Waals surface area contributed by atoms with Crippen molar-refractivity contribution in [1.29, 1.82) is 0 Å². The molecule has 0 aliphatic rings. The van der Waals surface area contributed by atoms with Gasteiger partial charge in [0.25, 0.3) is 0 Å². The number of phenolic OH excluding ortho intramolecular Hbond substituents is 1. The summed E-state index contributed by atoms with van der Waals surface area (Å²) in [6, 6.07) is 4.80. The number of hydrogen-bond donors (Lipinski definition) is 1. The first-order valence-corrected chi connectivity index (χ1v) is 3.51. The van der Waals surface area contributed by atoms with Crippen molar-refractivity contribution in [2.75, 3.05) is 0 Å². The second-order valence-electron chi connectivity index (χ2n) is 1.60. The molecule has 0 bridgehead atoms. The fourth-order valence-corrected chi connectivity index (χ4v) is 1.16. The summed E-state index contributed by atoms with van der Waals surface area (Å²) in [6.07, 6.45) is 0. The molecule has 1 aromatic rings. The Morgan fingerprint density at radius 1 is 1.50 bits per heavy atom. The molecule has 1 N–H and O–H groups in total. The Hall–Kier alpha value is 0.790. The second-order valence-corrected chi connectivity index (χ2v) is 2.89. The van der Waals surface area contributed by atoms with Crippen LogP contribution in [0.25, 0.3) is 0 Å². The van der Waals surface area contributed by atoms with Gasteiger partial charge in [-0.25, -0.2) is 0 Å². The van der Waals surface area contributed by atoms with Crippen LogP contribution in [0.2, 0.25) is 5.02 Å². The average molecular weight is 231 g/mol. The van der Waals surface area contributed by atoms with Crippen LogP contribution in [0.4, 0.5) is 0 Å². The van der Waals surface area contributed by atoms with Crippen LogP contribution in [-0.4, -0.2) is 5.11 Å². The van der Waals surface area contributed by atoms with Crippen LogP contribution in [0, 0.1) is 0 Å². The second kappa shape index (κ2) is 4.62. The van der Waals surface area contributed by atoms with E-state index in [1.165, 1.54) is 6.07 Å². The molecule has 0 unspecified atom stereocenters. The first kappa shape index (κ1) is 10.8. The van der Waals surface area contributed by atoms with Crippen molar-refractivity contribution in [2.24, 2.45) is 0 Å². The molecule has 0 fully saturated rings. The van der Waals surface area contributed by atoms with Crippen LogP contribution in [0.5, 0.6) is 5.75 Å². The van der Waals surface area contributed by atoms with Crippen molar-refractivity contribution in [2.45, 2.75) is 0 Å². The van der Waals surface area contributed by atoms with E-state index in [2.05, 4.69) is 15.9 Å². The molecule has 50 valence electrons. The summed E-state index contributed by atoms with van der Waals surface area (Å²) in [5.41, 5.74) is 0. The van der Waals surface area contributed by atoms with Gasteiger partial charge in [0.05, 0.1) is 4.47 Å². The SMILES string of the molecule is Oc1ccc(Cl)cc1Br.[H-].[Na+]. The summed E-state index contributed by atoms with van der Waals surface area (Å²) >= 11 is 8.69. The smallest absolute Gasteiger partial charge is 1.00 e. The van der Waals surface area contributed by atoms with E-state index in [9.17, 15) is 0 Å². The summed E-state index contributed by atoms with van der Waals surface area (Å²) in [5.74, 6) is 0.208. The number of phenols is 1. The van der Waals surface area contributed by atoms with E-state index in [0.717, 1.165) is 0 Å². The van der Waals surface area contributed by atoms with Gasteiger partial charge in [-0.2, -0.15) is 0 Å². The Labute approximate surface area is 96.3 Å². The molecule has 0 aliphatic heterocycles. The predicted octanol–water partition coefficient (Wildman–Crippen LogP) is -0.0754. The van der Waals surface area contributed by atoms with E-state index < -0.39 is 0 Å². The van der Waals surface area contributed by atoms with Gasteiger partial charge in [-0.05, 0) is 34.1 Å². The Balaban J connectivity index is 0. The topological polar surface area (TPSA) is 20.2 Å². The molecule has 0 spiro atoms. The maximum Gasteiger partial charge on any atom is 1.00 e. The van der Waals surface area contributed by atoms with Crippen molar-refractivity contribution in [3.8, 4) is 5.75 Å². The molecule has 0 amide bonds. The quantitative estimate of drug-likeness (QED) is 0.620. The average Bonchev–Trinajstić information content (AvgIpc) is 1.80. The third-order valence-corrected chi connectivity index (χ3v) is 1.78. The van der Waals surface area contributed by atoms with Crippen LogP contribution in [0.1, 0.15) is 1.43 Å². The summed E-state index contributed by atoms with van der Waals surface area (Å²) in [7, 11) is 0. The Morgan fingerprint density at radius 3 is 2.50 bits per heavy atom. The van der Waals surface area contributed by atoms with Gasteiger partial charge in [0.2, 0.25) is 0 Å². The molecule has 0 atom stereocenters. The van der Waals surface area contributed by atoms with Crippen molar-refractivity contribution < 1.29 is 36.1 Å². The van der Waals surface area contributed by atoms with Gasteiger partial charge in [0, 0.05) is 5.02 Å². The molecular formula is C6H5BrClNaO. The molecule has 4 heteroatoms. The van der Waals surface area contributed by atoms with Crippen molar-refractivity contribution in [3.05, 3.63) is 27.7 Å². The Kier molecular flexibility index (Phi) is 4.99. The zero-order valence-corrected chi connectivity index (χ0v) is 9.78. The molecule has 1 rings (SSSR count). The van der Waals surface area contributed by atoms with Crippen LogP contribution in [0.3, 0.4) is 0 Å². The van der Waals surface area contributed by atoms with Gasteiger partial charge in [0.1, 0.15) is 5.75 Å². The van der Waals surface area contributed by atoms with Gasteiger partial charge < -0.3 is 6.53 Å². The summed E-state index contributed by atoms with van der Waals surface area (Å²) in [6.45, 7) is 0. The minimum absolute atomic E-state index is 0. The van der Waals surface area contributed by atoms with Crippen molar-refractivity contribution in [1.82, 2.24) is 0 Å². The number of hydrogen-bond acceptors (Lipinski definition) is 1. The Morgan fingerprint density at radius 2 is 2.10 bits per heavy atom. The largest absolute Gasteiger partial charge is 1.00 e. The van der Waals surface area contributed by atoms with E-state index in [-0.39, 0.29) is 36.7 Å². The van der Waals surface area contributed by atoms with E-state index in [1.54, 1.807) is 12.1 Å². The third kappa shape index (κ3) is 2.81. The normalized spacial score (nSPS) is 8.60. The zero-order valence-electron chi connectivity index (χ0n) is 6.44. The molecule has 10 heavy (non-hydrogen) atoms. The minimum atomic E-state index is 0. The molecule has 0 saturated heterocycles. The van der Waals surface area contributed by atoms with Crippen LogP contribution >= 0.6 is 27.5 Å². The van der Waals surface area contributed by atoms with Crippen LogP contribution in [0.15, 0.2) is 22.7 Å². The van der Waals surface area contributed by atoms with Gasteiger partial charge in [-0.1, -0.05) is 11.6 Å². The monoisotopic (exact) mass is 230 g/mol. The van der Waals surface area contributed by atoms with E-state index in [4.69, 9.17) is 16.7 Å². The van der Waals surface area contributed by atoms with E-state index in [1.807, 2.05) is 0 Å². The van der Waals surface area contributed by atoms with Gasteiger partial charge in [-0.15, -0.1) is 0 Å². The summed E-state index contributed by atoms with van der Waals surface area (Å²) in [4.78, 5) is 0. The van der Waals surface area contributed by atoms with Gasteiger partial charge >= 0.3 is 29.6 Å². The molecule has 0 radical (unpaired) electrons. The standard InChI is InChI=1S/C6H4BrClO.Na.H/c7-5-3-4(8)1-2-6(5)9;;/h1-3,9H;;/q;+1;-1. The first-order chi connectivity index (χ1) is 4.20. The Bertz CT molecular complexity index is 234. The summed E-state index contributed by atoms with van der Waals surface area (Å²) < 4.78 is 0.620. The summed E-state index contributed by atoms with van der Waals surface area (Å²) in [5, 5.41) is 9.55. The molecule has 0 aliphatic carbocycles. The fraction of sp³-hybridized carbons (Fsp3) is 0. The molecule has 1 nitrogen and oxygen atoms in total. The predicted molar refractivity (Wildman–Crippen MR) is 41.9 cm³/mol.